The van der Waals surface area contributed by atoms with Gasteiger partial charge in [-0.1, -0.05) is 0 Å². The standard InChI is InChI=1S/C14H22N2O4/c17-13(15-5-6-15)19-9-11-1-2-12(4-3-11)10-20-14(18)16-7-8-16/h11-12H,1-10H2. The van der Waals surface area contributed by atoms with Gasteiger partial charge in [-0.05, 0) is 37.5 Å². The largest absolute Gasteiger partial charge is 0.449 e. The molecular formula is C14H22N2O4. The average Bonchev–Trinajstić information content (AvgIpc) is 3.33. The van der Waals surface area contributed by atoms with Crippen LogP contribution >= 0.6 is 0 Å². The van der Waals surface area contributed by atoms with Crippen molar-refractivity contribution in [2.24, 2.45) is 11.8 Å². The normalized spacial score (nSPS) is 28.0. The number of hydrogen-bond donors (Lipinski definition) is 0. The van der Waals surface area contributed by atoms with Crippen molar-refractivity contribution < 1.29 is 19.1 Å². The summed E-state index contributed by atoms with van der Waals surface area (Å²) in [4.78, 5) is 26.2. The molecule has 0 aromatic rings. The molecule has 3 fully saturated rings. The van der Waals surface area contributed by atoms with Gasteiger partial charge < -0.3 is 19.3 Å². The molecule has 112 valence electrons. The summed E-state index contributed by atoms with van der Waals surface area (Å²) >= 11 is 0. The van der Waals surface area contributed by atoms with E-state index < -0.39 is 0 Å². The molecule has 20 heavy (non-hydrogen) atoms. The molecule has 2 heterocycles. The number of nitrogens with zero attached hydrogens (tertiary/aromatic N) is 2. The van der Waals surface area contributed by atoms with Crippen LogP contribution in [0.15, 0.2) is 0 Å². The predicted molar refractivity (Wildman–Crippen MR) is 71.3 cm³/mol. The monoisotopic (exact) mass is 282 g/mol. The second-order valence-corrected chi connectivity index (χ2v) is 6.01. The molecule has 1 aliphatic carbocycles. The third-order valence-electron chi connectivity index (χ3n) is 4.26. The zero-order valence-electron chi connectivity index (χ0n) is 11.8. The second-order valence-electron chi connectivity index (χ2n) is 6.01. The van der Waals surface area contributed by atoms with E-state index in [9.17, 15) is 9.59 Å². The van der Waals surface area contributed by atoms with Crippen LogP contribution in [-0.4, -0.2) is 61.4 Å². The quantitative estimate of drug-likeness (QED) is 0.736. The van der Waals surface area contributed by atoms with Crippen LogP contribution < -0.4 is 0 Å². The summed E-state index contributed by atoms with van der Waals surface area (Å²) in [7, 11) is 0. The molecule has 2 amide bonds. The van der Waals surface area contributed by atoms with Crippen molar-refractivity contribution in [1.82, 2.24) is 9.80 Å². The van der Waals surface area contributed by atoms with Crippen molar-refractivity contribution in [3.63, 3.8) is 0 Å². The minimum Gasteiger partial charge on any atom is -0.449 e. The number of carbonyl (C=O) groups is 2. The summed E-state index contributed by atoms with van der Waals surface area (Å²) in [6.07, 6.45) is 3.88. The van der Waals surface area contributed by atoms with Crippen LogP contribution in [-0.2, 0) is 9.47 Å². The van der Waals surface area contributed by atoms with Crippen molar-refractivity contribution >= 4 is 12.2 Å². The van der Waals surface area contributed by atoms with E-state index in [2.05, 4.69) is 0 Å². The Kier molecular flexibility index (Phi) is 3.98. The first-order valence-corrected chi connectivity index (χ1v) is 7.56. The Hall–Kier alpha value is -1.46. The molecule has 6 heteroatoms. The van der Waals surface area contributed by atoms with Gasteiger partial charge in [0.2, 0.25) is 0 Å². The SMILES string of the molecule is O=C(OCC1CCC(COC(=O)N2CC2)CC1)N1CC1. The van der Waals surface area contributed by atoms with Crippen molar-refractivity contribution in [2.75, 3.05) is 39.4 Å². The van der Waals surface area contributed by atoms with Crippen LogP contribution in [0.4, 0.5) is 9.59 Å². The molecule has 6 nitrogen and oxygen atoms in total. The number of amides is 2. The molecule has 0 unspecified atom stereocenters. The highest BCUT2D eigenvalue weighted by molar-refractivity contribution is 5.70. The fraction of sp³-hybridized carbons (Fsp3) is 0.857. The molecule has 0 spiro atoms. The first-order chi connectivity index (χ1) is 9.72. The van der Waals surface area contributed by atoms with Crippen LogP contribution in [0.3, 0.4) is 0 Å². The maximum Gasteiger partial charge on any atom is 0.409 e. The Morgan fingerprint density at radius 2 is 1.10 bits per heavy atom. The number of ether oxygens (including phenoxy) is 2. The van der Waals surface area contributed by atoms with Crippen molar-refractivity contribution in [3.05, 3.63) is 0 Å². The molecule has 0 atom stereocenters. The van der Waals surface area contributed by atoms with Gasteiger partial charge >= 0.3 is 12.2 Å². The smallest absolute Gasteiger partial charge is 0.409 e. The van der Waals surface area contributed by atoms with Crippen LogP contribution in [0.25, 0.3) is 0 Å². The highest BCUT2D eigenvalue weighted by Crippen LogP contribution is 2.29. The van der Waals surface area contributed by atoms with Gasteiger partial charge in [0.25, 0.3) is 0 Å². The van der Waals surface area contributed by atoms with E-state index in [1.54, 1.807) is 9.80 Å². The molecule has 0 N–H and O–H groups in total. The minimum atomic E-state index is -0.167. The Balaban J connectivity index is 1.28. The third-order valence-corrected chi connectivity index (χ3v) is 4.26. The average molecular weight is 282 g/mol. The molecule has 0 aromatic carbocycles. The maximum absolute atomic E-state index is 11.4. The summed E-state index contributed by atoms with van der Waals surface area (Å²) in [6, 6.07) is 0. The van der Waals surface area contributed by atoms with Crippen molar-refractivity contribution in [2.45, 2.75) is 25.7 Å². The molecular weight excluding hydrogens is 260 g/mol. The van der Waals surface area contributed by atoms with Gasteiger partial charge in [-0.25, -0.2) is 9.59 Å². The van der Waals surface area contributed by atoms with E-state index in [1.165, 1.54) is 0 Å². The Morgan fingerprint density at radius 3 is 1.40 bits per heavy atom. The van der Waals surface area contributed by atoms with E-state index in [0.29, 0.717) is 25.0 Å². The minimum absolute atomic E-state index is 0.167. The lowest BCUT2D eigenvalue weighted by Gasteiger charge is -2.27. The van der Waals surface area contributed by atoms with Gasteiger partial charge in [0, 0.05) is 26.2 Å². The van der Waals surface area contributed by atoms with Gasteiger partial charge in [0.1, 0.15) is 0 Å². The Labute approximate surface area is 119 Å². The second kappa shape index (κ2) is 5.89. The van der Waals surface area contributed by atoms with Gasteiger partial charge in [0.15, 0.2) is 0 Å². The van der Waals surface area contributed by atoms with Gasteiger partial charge in [-0.3, -0.25) is 0 Å². The first kappa shape index (κ1) is 13.5. The molecule has 0 aromatic heterocycles. The topological polar surface area (TPSA) is 58.6 Å². The highest BCUT2D eigenvalue weighted by atomic mass is 16.6. The van der Waals surface area contributed by atoms with Crippen LogP contribution in [0, 0.1) is 11.8 Å². The third kappa shape index (κ3) is 3.77. The Morgan fingerprint density at radius 1 is 0.750 bits per heavy atom. The van der Waals surface area contributed by atoms with E-state index in [4.69, 9.17) is 9.47 Å². The summed E-state index contributed by atoms with van der Waals surface area (Å²) in [6.45, 7) is 4.44. The lowest BCUT2D eigenvalue weighted by Crippen LogP contribution is -2.25. The number of hydrogen-bond acceptors (Lipinski definition) is 4. The van der Waals surface area contributed by atoms with Crippen molar-refractivity contribution in [1.29, 1.82) is 0 Å². The molecule has 2 saturated heterocycles. The van der Waals surface area contributed by atoms with Crippen LogP contribution in [0.1, 0.15) is 25.7 Å². The Bertz CT molecular complexity index is 335. The molecule has 0 radical (unpaired) electrons. The van der Waals surface area contributed by atoms with Gasteiger partial charge in [-0.15, -0.1) is 0 Å². The van der Waals surface area contributed by atoms with E-state index >= 15 is 0 Å². The maximum atomic E-state index is 11.4. The van der Waals surface area contributed by atoms with E-state index in [-0.39, 0.29) is 12.2 Å². The van der Waals surface area contributed by atoms with Crippen LogP contribution in [0.2, 0.25) is 0 Å². The molecule has 2 aliphatic heterocycles. The molecule has 1 saturated carbocycles. The molecule has 3 aliphatic rings. The first-order valence-electron chi connectivity index (χ1n) is 7.56. The lowest BCUT2D eigenvalue weighted by atomic mass is 9.83. The number of rotatable bonds is 4. The summed E-state index contributed by atoms with van der Waals surface area (Å²) in [5.74, 6) is 0.941. The lowest BCUT2D eigenvalue weighted by molar-refractivity contribution is 0.0760. The zero-order chi connectivity index (χ0) is 13.9. The fourth-order valence-electron chi connectivity index (χ4n) is 2.59. The summed E-state index contributed by atoms with van der Waals surface area (Å²) in [5, 5.41) is 0. The van der Waals surface area contributed by atoms with E-state index in [1.807, 2.05) is 0 Å². The van der Waals surface area contributed by atoms with Gasteiger partial charge in [-0.2, -0.15) is 0 Å². The zero-order valence-corrected chi connectivity index (χ0v) is 11.8. The molecule has 3 rings (SSSR count). The van der Waals surface area contributed by atoms with Gasteiger partial charge in [0.05, 0.1) is 13.2 Å². The number of carbonyl (C=O) groups excluding carboxylic acids is 2. The predicted octanol–water partition coefficient (Wildman–Crippen LogP) is 1.70. The fourth-order valence-corrected chi connectivity index (χ4v) is 2.59. The molecule has 0 bridgehead atoms. The summed E-state index contributed by atoms with van der Waals surface area (Å²) < 4.78 is 10.5. The summed E-state index contributed by atoms with van der Waals surface area (Å²) in [5.41, 5.74) is 0. The van der Waals surface area contributed by atoms with E-state index in [0.717, 1.165) is 51.9 Å². The highest BCUT2D eigenvalue weighted by Gasteiger charge is 2.29. The van der Waals surface area contributed by atoms with Crippen molar-refractivity contribution in [3.8, 4) is 0 Å². The van der Waals surface area contributed by atoms with Crippen LogP contribution in [0.5, 0.6) is 0 Å².